The minimum Gasteiger partial charge on any atom is -1.00 e. The Hall–Kier alpha value is 0.367. The van der Waals surface area contributed by atoms with Crippen LogP contribution in [0.3, 0.4) is 0 Å². The number of hydrogen-bond donors (Lipinski definition) is 0. The molecule has 0 saturated carbocycles. The zero-order valence-corrected chi connectivity index (χ0v) is 24.1. The Labute approximate surface area is 193 Å². The molecule has 0 unspecified atom stereocenters. The smallest absolute Gasteiger partial charge is 0.260 e. The first-order valence-corrected chi connectivity index (χ1v) is 17.8. The number of thiazole rings is 1. The van der Waals surface area contributed by atoms with Gasteiger partial charge in [-0.3, -0.25) is 0 Å². The maximum absolute atomic E-state index is 6.54. The zero-order chi connectivity index (χ0) is 21.4. The van der Waals surface area contributed by atoms with E-state index in [0.717, 1.165) is 5.19 Å². The van der Waals surface area contributed by atoms with E-state index >= 15 is 0 Å². The predicted octanol–water partition coefficient (Wildman–Crippen LogP) is 5.76. The van der Waals surface area contributed by atoms with Crippen LogP contribution in [0, 0.1) is 6.92 Å². The monoisotopic (exact) mass is 479 g/mol. The van der Waals surface area contributed by atoms with E-state index in [1.54, 1.807) is 11.3 Å². The van der Waals surface area contributed by atoms with Crippen LogP contribution in [0.15, 0.2) is 0 Å². The predicted molar refractivity (Wildman–Crippen MR) is 135 cm³/mol. The summed E-state index contributed by atoms with van der Waals surface area (Å²) in [5.41, 5.74) is 1.36. The first kappa shape index (κ1) is 29.4. The van der Waals surface area contributed by atoms with Crippen molar-refractivity contribution in [2.24, 2.45) is 0 Å². The van der Waals surface area contributed by atoms with Crippen molar-refractivity contribution in [3.63, 3.8) is 0 Å². The van der Waals surface area contributed by atoms with Gasteiger partial charge in [0.25, 0.3) is 13.5 Å². The van der Waals surface area contributed by atoms with E-state index in [4.69, 9.17) is 9.41 Å². The van der Waals surface area contributed by atoms with Crippen molar-refractivity contribution in [3.8, 4) is 5.19 Å². The number of aromatic nitrogens is 1. The van der Waals surface area contributed by atoms with Gasteiger partial charge in [-0.15, -0.1) is 0 Å². The van der Waals surface area contributed by atoms with E-state index in [1.807, 2.05) is 0 Å². The molecule has 0 saturated heterocycles. The van der Waals surface area contributed by atoms with Gasteiger partial charge < -0.3 is 16.8 Å². The highest BCUT2D eigenvalue weighted by Crippen LogP contribution is 2.63. The third-order valence-corrected chi connectivity index (χ3v) is 16.6. The van der Waals surface area contributed by atoms with E-state index in [1.165, 1.54) is 73.7 Å². The van der Waals surface area contributed by atoms with E-state index in [-0.39, 0.29) is 17.4 Å². The van der Waals surface area contributed by atoms with Crippen molar-refractivity contribution in [2.45, 2.75) is 111 Å². The summed E-state index contributed by atoms with van der Waals surface area (Å²) in [6, 6.07) is 0. The van der Waals surface area contributed by atoms with E-state index in [0.29, 0.717) is 0 Å². The Kier molecular flexibility index (Phi) is 13.2. The summed E-state index contributed by atoms with van der Waals surface area (Å²) in [5.74, 6) is 0. The van der Waals surface area contributed by atoms with Crippen molar-refractivity contribution < 1.29 is 16.8 Å². The summed E-state index contributed by atoms with van der Waals surface area (Å²) in [4.78, 5) is 6.47. The van der Waals surface area contributed by atoms with Gasteiger partial charge in [0, 0.05) is 12.1 Å². The van der Waals surface area contributed by atoms with Crippen LogP contribution in [0.5, 0.6) is 5.19 Å². The second kappa shape index (κ2) is 13.0. The quantitative estimate of drug-likeness (QED) is 0.265. The van der Waals surface area contributed by atoms with Crippen LogP contribution in [-0.4, -0.2) is 31.8 Å². The number of hydrogen-bond acceptors (Lipinski definition) is 3. The van der Waals surface area contributed by atoms with Gasteiger partial charge in [-0.25, -0.2) is 4.98 Å². The Morgan fingerprint density at radius 1 is 0.931 bits per heavy atom. The average Bonchev–Trinajstić information content (AvgIpc) is 2.93. The minimum absolute atomic E-state index is 0. The largest absolute Gasteiger partial charge is 1.00 e. The molecule has 0 bridgehead atoms. The summed E-state index contributed by atoms with van der Waals surface area (Å²) in [7, 11) is -2.78. The normalized spacial score (nSPS) is 12.7. The third kappa shape index (κ3) is 9.17. The van der Waals surface area contributed by atoms with Gasteiger partial charge in [-0.1, -0.05) is 72.1 Å². The highest BCUT2D eigenvalue weighted by Gasteiger charge is 2.41. The molecule has 0 aliphatic carbocycles. The topological polar surface area (TPSA) is 22.1 Å². The summed E-state index contributed by atoms with van der Waals surface area (Å²) in [6.45, 7) is 20.8. The van der Waals surface area contributed by atoms with Crippen LogP contribution < -0.4 is 16.8 Å². The molecule has 0 fully saturated rings. The van der Waals surface area contributed by atoms with E-state index in [9.17, 15) is 0 Å². The molecule has 0 aliphatic heterocycles. The van der Waals surface area contributed by atoms with Crippen LogP contribution in [0.2, 0.25) is 18.1 Å². The van der Waals surface area contributed by atoms with Crippen LogP contribution in [0.25, 0.3) is 0 Å². The Balaban J connectivity index is 0.00000784. The van der Waals surface area contributed by atoms with Crippen molar-refractivity contribution >= 4 is 26.9 Å². The molecule has 1 aromatic rings. The van der Waals surface area contributed by atoms with Crippen LogP contribution in [-0.2, 0) is 6.16 Å². The number of halogens is 1. The van der Waals surface area contributed by atoms with Crippen molar-refractivity contribution in [1.82, 2.24) is 4.98 Å². The first-order chi connectivity index (χ1) is 13.0. The summed E-state index contributed by atoms with van der Waals surface area (Å²) >= 11 is 1.79. The summed E-state index contributed by atoms with van der Waals surface area (Å²) in [5, 5.41) is 1.14. The van der Waals surface area contributed by atoms with Crippen molar-refractivity contribution in [2.75, 3.05) is 18.5 Å². The lowest BCUT2D eigenvalue weighted by atomic mass is 10.2. The standard InChI is InChI=1S/C23H47NOPSSi.ClH/c1-10-13-16-26(17-14-11-2,18-15-12-3)19-21-20(4)27-22(24-21)25-28(8,9)23(5,6)7;/h10-19H2,1-9H3;1H/q+1;/p-1. The molecule has 6 heteroatoms. The lowest BCUT2D eigenvalue weighted by Crippen LogP contribution is -3.00. The molecule has 172 valence electrons. The molecule has 1 heterocycles. The fraction of sp³-hybridized carbons (Fsp3) is 0.870. The molecular formula is C23H47ClNOPSSi. The number of nitrogens with zero attached hydrogens (tertiary/aromatic N) is 1. The minimum atomic E-state index is -1.82. The molecule has 2 nitrogen and oxygen atoms in total. The summed E-state index contributed by atoms with van der Waals surface area (Å²) < 4.78 is 6.54. The highest BCUT2D eigenvalue weighted by atomic mass is 35.5. The maximum atomic E-state index is 6.54. The lowest BCUT2D eigenvalue weighted by Gasteiger charge is -2.35. The number of aryl methyl sites for hydroxylation is 1. The lowest BCUT2D eigenvalue weighted by molar-refractivity contribution is -0.00000742. The van der Waals surface area contributed by atoms with Gasteiger partial charge in [-0.2, -0.15) is 0 Å². The maximum Gasteiger partial charge on any atom is 0.260 e. The van der Waals surface area contributed by atoms with Gasteiger partial charge in [0.05, 0.1) is 24.2 Å². The fourth-order valence-electron chi connectivity index (χ4n) is 3.33. The fourth-order valence-corrected chi connectivity index (χ4v) is 10.7. The molecule has 0 spiro atoms. The average molecular weight is 480 g/mol. The Morgan fingerprint density at radius 3 is 1.76 bits per heavy atom. The Morgan fingerprint density at radius 2 is 1.38 bits per heavy atom. The molecule has 29 heavy (non-hydrogen) atoms. The molecule has 0 aromatic carbocycles. The van der Waals surface area contributed by atoms with Crippen molar-refractivity contribution in [3.05, 3.63) is 10.6 Å². The first-order valence-electron chi connectivity index (χ1n) is 11.5. The van der Waals surface area contributed by atoms with E-state index < -0.39 is 15.6 Å². The van der Waals surface area contributed by atoms with Gasteiger partial charge in [0.2, 0.25) is 0 Å². The molecule has 0 amide bonds. The second-order valence-electron chi connectivity index (χ2n) is 10.1. The molecule has 0 N–H and O–H groups in total. The molecule has 1 aromatic heterocycles. The highest BCUT2D eigenvalue weighted by molar-refractivity contribution is 7.75. The van der Waals surface area contributed by atoms with Gasteiger partial charge >= 0.3 is 0 Å². The third-order valence-electron chi connectivity index (χ3n) is 6.46. The van der Waals surface area contributed by atoms with Crippen LogP contribution >= 0.6 is 18.6 Å². The van der Waals surface area contributed by atoms with Gasteiger partial charge in [0.15, 0.2) is 0 Å². The van der Waals surface area contributed by atoms with E-state index in [2.05, 4.69) is 61.6 Å². The van der Waals surface area contributed by atoms with Crippen molar-refractivity contribution in [1.29, 1.82) is 0 Å². The molecule has 0 atom stereocenters. The summed E-state index contributed by atoms with van der Waals surface area (Å²) in [6.07, 6.45) is 13.7. The number of rotatable bonds is 13. The SMILES string of the molecule is CCCC[P+](CCCC)(CCCC)Cc1nc(O[Si](C)(C)C(C)(C)C)sc1C.[Cl-]. The van der Waals surface area contributed by atoms with Gasteiger partial charge in [0.1, 0.15) is 6.16 Å². The molecule has 0 radical (unpaired) electrons. The molecule has 0 aliphatic rings. The number of unbranched alkanes of at least 4 members (excludes halogenated alkanes) is 3. The van der Waals surface area contributed by atoms with Crippen LogP contribution in [0.1, 0.15) is 90.6 Å². The Bertz CT molecular complexity index is 564. The molecular weight excluding hydrogens is 433 g/mol. The second-order valence-corrected chi connectivity index (χ2v) is 20.3. The van der Waals surface area contributed by atoms with Gasteiger partial charge in [-0.05, 0) is 44.3 Å². The zero-order valence-electron chi connectivity index (χ0n) is 20.7. The van der Waals surface area contributed by atoms with Crippen LogP contribution in [0.4, 0.5) is 0 Å². The molecule has 1 rings (SSSR count).